The fourth-order valence-corrected chi connectivity index (χ4v) is 3.26. The highest BCUT2D eigenvalue weighted by Crippen LogP contribution is 2.38. The van der Waals surface area contributed by atoms with Crippen LogP contribution in [0.4, 0.5) is 22.0 Å². The van der Waals surface area contributed by atoms with Crippen LogP contribution in [0.25, 0.3) is 0 Å². The molecule has 1 fully saturated rings. The molecule has 1 aliphatic carbocycles. The van der Waals surface area contributed by atoms with Crippen LogP contribution in [-0.2, 0) is 0 Å². The number of ether oxygens (including phenoxy) is 1. The molecule has 1 nitrogen and oxygen atoms in total. The van der Waals surface area contributed by atoms with E-state index < -0.39 is 18.0 Å². The summed E-state index contributed by atoms with van der Waals surface area (Å²) in [5.74, 6) is -1.84. The van der Waals surface area contributed by atoms with E-state index in [1.807, 2.05) is 0 Å². The van der Waals surface area contributed by atoms with Gasteiger partial charge >= 0.3 is 12.2 Å². The Morgan fingerprint density at radius 2 is 1.62 bits per heavy atom. The van der Waals surface area contributed by atoms with Gasteiger partial charge in [0.25, 0.3) is 5.83 Å². The number of hydrogen-bond acceptors (Lipinski definition) is 1. The van der Waals surface area contributed by atoms with Crippen molar-refractivity contribution >= 4 is 0 Å². The fourth-order valence-electron chi connectivity index (χ4n) is 3.26. The number of alkyl halides is 3. The van der Waals surface area contributed by atoms with Crippen LogP contribution < -0.4 is 4.74 Å². The van der Waals surface area contributed by atoms with Crippen molar-refractivity contribution < 1.29 is 26.7 Å². The second-order valence-electron chi connectivity index (χ2n) is 6.26. The molecule has 0 aliphatic heterocycles. The SMILES string of the molecule is CCCC1CCC(c2ccc(OC(F)=C(F)C(F)(F)F)cc2)CC1. The van der Waals surface area contributed by atoms with E-state index in [4.69, 9.17) is 0 Å². The summed E-state index contributed by atoms with van der Waals surface area (Å²) in [5.41, 5.74) is 1.05. The highest BCUT2D eigenvalue weighted by atomic mass is 19.4. The molecule has 134 valence electrons. The minimum atomic E-state index is -5.39. The minimum absolute atomic E-state index is 0.157. The fraction of sp³-hybridized carbons (Fsp3) is 0.556. The van der Waals surface area contributed by atoms with Crippen molar-refractivity contribution in [3.05, 3.63) is 41.7 Å². The van der Waals surface area contributed by atoms with E-state index in [1.54, 1.807) is 12.1 Å². The molecule has 1 aromatic carbocycles. The zero-order chi connectivity index (χ0) is 17.7. The zero-order valence-electron chi connectivity index (χ0n) is 13.5. The highest BCUT2D eigenvalue weighted by Gasteiger charge is 2.39. The minimum Gasteiger partial charge on any atom is -0.430 e. The molecule has 0 saturated heterocycles. The molecule has 0 radical (unpaired) electrons. The molecule has 24 heavy (non-hydrogen) atoms. The first kappa shape index (κ1) is 18.7. The Kier molecular flexibility index (Phi) is 6.24. The van der Waals surface area contributed by atoms with Crippen molar-refractivity contribution in [2.24, 2.45) is 5.92 Å². The predicted octanol–water partition coefficient (Wildman–Crippen LogP) is 6.81. The van der Waals surface area contributed by atoms with E-state index in [9.17, 15) is 22.0 Å². The second kappa shape index (κ2) is 7.99. The molecule has 0 N–H and O–H groups in total. The van der Waals surface area contributed by atoms with Gasteiger partial charge in [-0.1, -0.05) is 31.9 Å². The van der Waals surface area contributed by atoms with Crippen molar-refractivity contribution in [1.29, 1.82) is 0 Å². The smallest absolute Gasteiger partial charge is 0.430 e. The van der Waals surface area contributed by atoms with Crippen LogP contribution in [0.1, 0.15) is 56.9 Å². The van der Waals surface area contributed by atoms with Crippen LogP contribution in [0.2, 0.25) is 0 Å². The lowest BCUT2D eigenvalue weighted by atomic mass is 9.77. The van der Waals surface area contributed by atoms with Crippen LogP contribution in [0, 0.1) is 5.92 Å². The van der Waals surface area contributed by atoms with Crippen molar-refractivity contribution in [3.8, 4) is 5.75 Å². The summed E-state index contributed by atoms with van der Waals surface area (Å²) in [7, 11) is 0. The Hall–Kier alpha value is -1.59. The van der Waals surface area contributed by atoms with Crippen LogP contribution in [0.5, 0.6) is 5.75 Å². The second-order valence-corrected chi connectivity index (χ2v) is 6.26. The molecule has 0 atom stereocenters. The van der Waals surface area contributed by atoms with E-state index in [0.29, 0.717) is 5.92 Å². The van der Waals surface area contributed by atoms with Crippen LogP contribution >= 0.6 is 0 Å². The Morgan fingerprint density at radius 3 is 2.12 bits per heavy atom. The van der Waals surface area contributed by atoms with Gasteiger partial charge in [0.05, 0.1) is 0 Å². The number of halogens is 5. The van der Waals surface area contributed by atoms with Gasteiger partial charge < -0.3 is 4.74 Å². The van der Waals surface area contributed by atoms with E-state index in [2.05, 4.69) is 11.7 Å². The molecular weight excluding hydrogens is 327 g/mol. The molecule has 0 spiro atoms. The first-order valence-electron chi connectivity index (χ1n) is 8.21. The number of benzene rings is 1. The molecule has 0 amide bonds. The summed E-state index contributed by atoms with van der Waals surface area (Å²) in [6.45, 7) is 2.18. The van der Waals surface area contributed by atoms with Crippen molar-refractivity contribution in [2.45, 2.75) is 57.5 Å². The van der Waals surface area contributed by atoms with Crippen molar-refractivity contribution in [1.82, 2.24) is 0 Å². The van der Waals surface area contributed by atoms with Gasteiger partial charge in [0.1, 0.15) is 5.75 Å². The van der Waals surface area contributed by atoms with E-state index >= 15 is 0 Å². The van der Waals surface area contributed by atoms with Gasteiger partial charge in [0.15, 0.2) is 0 Å². The summed E-state index contributed by atoms with van der Waals surface area (Å²) < 4.78 is 66.3. The third kappa shape index (κ3) is 4.95. The van der Waals surface area contributed by atoms with Crippen molar-refractivity contribution in [2.75, 3.05) is 0 Å². The molecular formula is C18H21F5O. The maximum absolute atomic E-state index is 13.1. The van der Waals surface area contributed by atoms with E-state index in [-0.39, 0.29) is 5.75 Å². The Bertz CT molecular complexity index is 554. The summed E-state index contributed by atoms with van der Waals surface area (Å²) >= 11 is 0. The predicted molar refractivity (Wildman–Crippen MR) is 82.0 cm³/mol. The summed E-state index contributed by atoms with van der Waals surface area (Å²) in [4.78, 5) is 0. The topological polar surface area (TPSA) is 9.23 Å². The lowest BCUT2D eigenvalue weighted by molar-refractivity contribution is -0.114. The molecule has 2 rings (SSSR count). The molecule has 1 saturated carbocycles. The standard InChI is InChI=1S/C18H21F5O/c1-2-3-12-4-6-13(7-5-12)14-8-10-15(11-9-14)24-17(20)16(19)18(21,22)23/h8-13H,2-7H2,1H3. The van der Waals surface area contributed by atoms with Crippen LogP contribution in [-0.4, -0.2) is 6.18 Å². The number of rotatable bonds is 5. The zero-order valence-corrected chi connectivity index (χ0v) is 13.5. The molecule has 0 bridgehead atoms. The highest BCUT2D eigenvalue weighted by molar-refractivity contribution is 5.30. The maximum Gasteiger partial charge on any atom is 0.449 e. The lowest BCUT2D eigenvalue weighted by Crippen LogP contribution is -2.13. The quantitative estimate of drug-likeness (QED) is 0.419. The lowest BCUT2D eigenvalue weighted by Gasteiger charge is -2.28. The molecule has 0 unspecified atom stereocenters. The molecule has 6 heteroatoms. The first-order valence-corrected chi connectivity index (χ1v) is 8.21. The van der Waals surface area contributed by atoms with Gasteiger partial charge in [-0.15, -0.1) is 0 Å². The number of hydrogen-bond donors (Lipinski definition) is 0. The molecule has 0 heterocycles. The normalized spacial score (nSPS) is 22.9. The van der Waals surface area contributed by atoms with Crippen molar-refractivity contribution in [3.63, 3.8) is 0 Å². The third-order valence-electron chi connectivity index (χ3n) is 4.52. The Labute approximate surface area is 138 Å². The third-order valence-corrected chi connectivity index (χ3v) is 4.52. The Balaban J connectivity index is 1.97. The molecule has 1 aromatic rings. The van der Waals surface area contributed by atoms with Crippen LogP contribution in [0.3, 0.4) is 0 Å². The van der Waals surface area contributed by atoms with Crippen LogP contribution in [0.15, 0.2) is 36.1 Å². The summed E-state index contributed by atoms with van der Waals surface area (Å²) in [6.07, 6.45) is 1.53. The Morgan fingerprint density at radius 1 is 1.04 bits per heavy atom. The average molecular weight is 348 g/mol. The monoisotopic (exact) mass is 348 g/mol. The van der Waals surface area contributed by atoms with Gasteiger partial charge in [-0.05, 0) is 55.2 Å². The first-order chi connectivity index (χ1) is 11.3. The largest absolute Gasteiger partial charge is 0.449 e. The summed E-state index contributed by atoms with van der Waals surface area (Å²) in [5, 5.41) is 0. The van der Waals surface area contributed by atoms with Gasteiger partial charge in [0.2, 0.25) is 0 Å². The molecule has 1 aliphatic rings. The van der Waals surface area contributed by atoms with Gasteiger partial charge in [-0.2, -0.15) is 22.0 Å². The van der Waals surface area contributed by atoms with Gasteiger partial charge in [-0.3, -0.25) is 0 Å². The number of allylic oxidation sites excluding steroid dienone is 1. The maximum atomic E-state index is 13.1. The van der Waals surface area contributed by atoms with Gasteiger partial charge in [0, 0.05) is 0 Å². The van der Waals surface area contributed by atoms with E-state index in [0.717, 1.165) is 24.3 Å². The van der Waals surface area contributed by atoms with Gasteiger partial charge in [-0.25, -0.2) is 0 Å². The average Bonchev–Trinajstić information content (AvgIpc) is 2.55. The van der Waals surface area contributed by atoms with E-state index in [1.165, 1.54) is 37.8 Å². The molecule has 0 aromatic heterocycles. The summed E-state index contributed by atoms with van der Waals surface area (Å²) in [6, 6.07) is 3.89.